The first kappa shape index (κ1) is 25.4. The zero-order chi connectivity index (χ0) is 13.0. The van der Waals surface area contributed by atoms with E-state index in [9.17, 15) is 8.42 Å². The van der Waals surface area contributed by atoms with Gasteiger partial charge < -0.3 is 0 Å². The van der Waals surface area contributed by atoms with Gasteiger partial charge in [0.2, 0.25) is 0 Å². The Morgan fingerprint density at radius 3 is 1.58 bits per heavy atom. The summed E-state index contributed by atoms with van der Waals surface area (Å²) in [5.41, 5.74) is 0. The van der Waals surface area contributed by atoms with Crippen molar-refractivity contribution in [3.05, 3.63) is 0 Å². The van der Waals surface area contributed by atoms with Gasteiger partial charge >= 0.3 is 40.0 Å². The van der Waals surface area contributed by atoms with Gasteiger partial charge in [-0.2, -0.15) is 8.42 Å². The number of hydrogen-bond donors (Lipinski definition) is 1. The Balaban J connectivity index is -0.00000128. The van der Waals surface area contributed by atoms with Gasteiger partial charge in [-0.1, -0.05) is 64.7 Å². The van der Waals surface area contributed by atoms with Crippen LogP contribution in [0.2, 0.25) is 0 Å². The molecular weight excluding hydrogens is 329 g/mol. The van der Waals surface area contributed by atoms with Crippen molar-refractivity contribution in [2.24, 2.45) is 0 Å². The standard InChI is InChI=1S/C12H26O4S.Na.Zn.H/c1-2-3-4-5-6-7-8-9-10-11-12-16-17(13,14)15;;;/h2-12H2,1H3,(H,13,14,15);;;. The Hall–Kier alpha value is 1.49. The zero-order valence-electron chi connectivity index (χ0n) is 11.6. The van der Waals surface area contributed by atoms with Gasteiger partial charge in [0.05, 0.1) is 6.61 Å². The Labute approximate surface area is 153 Å². The SMILES string of the molecule is CCCCCCCCCCCCOS(=O)(=O)O.[NaH].[Zn]. The molecule has 0 aromatic carbocycles. The number of unbranched alkanes of at least 4 members (excludes halogenated alkanes) is 9. The first-order valence-electron chi connectivity index (χ1n) is 6.68. The van der Waals surface area contributed by atoms with E-state index in [2.05, 4.69) is 11.1 Å². The molecule has 0 aliphatic carbocycles. The molecule has 0 aromatic heterocycles. The van der Waals surface area contributed by atoms with Crippen LogP contribution in [0.25, 0.3) is 0 Å². The van der Waals surface area contributed by atoms with E-state index >= 15 is 0 Å². The van der Waals surface area contributed by atoms with Crippen molar-refractivity contribution in [1.29, 1.82) is 0 Å². The summed E-state index contributed by atoms with van der Waals surface area (Å²) >= 11 is 0. The molecule has 0 rings (SSSR count). The smallest absolute Gasteiger partial charge is 0 e. The molecule has 0 aliphatic rings. The molecular formula is C12H27NaO4SZn. The van der Waals surface area contributed by atoms with E-state index in [-0.39, 0.29) is 55.6 Å². The maximum absolute atomic E-state index is 10.2. The molecule has 1 N–H and O–H groups in total. The van der Waals surface area contributed by atoms with E-state index in [1.54, 1.807) is 0 Å². The van der Waals surface area contributed by atoms with Crippen LogP contribution in [0.15, 0.2) is 0 Å². The molecule has 0 saturated carbocycles. The van der Waals surface area contributed by atoms with Crippen molar-refractivity contribution in [3.63, 3.8) is 0 Å². The second-order valence-corrected chi connectivity index (χ2v) is 5.52. The van der Waals surface area contributed by atoms with Crippen molar-refractivity contribution in [1.82, 2.24) is 0 Å². The minimum atomic E-state index is -4.23. The summed E-state index contributed by atoms with van der Waals surface area (Å²) in [6, 6.07) is 0. The summed E-state index contributed by atoms with van der Waals surface area (Å²) in [6.07, 6.45) is 11.9. The molecule has 0 fully saturated rings. The molecule has 0 spiro atoms. The quantitative estimate of drug-likeness (QED) is 0.332. The van der Waals surface area contributed by atoms with Gasteiger partial charge in [-0.3, -0.25) is 4.55 Å². The fraction of sp³-hybridized carbons (Fsp3) is 1.00. The van der Waals surface area contributed by atoms with E-state index < -0.39 is 10.4 Å². The average Bonchev–Trinajstić information content (AvgIpc) is 2.24. The predicted octanol–water partition coefficient (Wildman–Crippen LogP) is 3.08. The summed E-state index contributed by atoms with van der Waals surface area (Å²) in [5.74, 6) is 0. The van der Waals surface area contributed by atoms with E-state index in [1.165, 1.54) is 44.9 Å². The van der Waals surface area contributed by atoms with Gasteiger partial charge in [0.1, 0.15) is 0 Å². The second kappa shape index (κ2) is 17.5. The zero-order valence-corrected chi connectivity index (χ0v) is 15.3. The van der Waals surface area contributed by atoms with Crippen LogP contribution in [0.1, 0.15) is 71.1 Å². The van der Waals surface area contributed by atoms with Crippen LogP contribution in [0, 0.1) is 0 Å². The largest absolute Gasteiger partial charge is 0 e. The molecule has 0 heterocycles. The topological polar surface area (TPSA) is 63.6 Å². The molecule has 108 valence electrons. The van der Waals surface area contributed by atoms with E-state index in [0.29, 0.717) is 6.42 Å². The van der Waals surface area contributed by atoms with E-state index in [0.717, 1.165) is 12.8 Å². The van der Waals surface area contributed by atoms with Gasteiger partial charge in [-0.25, -0.2) is 4.18 Å². The number of rotatable bonds is 12. The molecule has 0 atom stereocenters. The molecule has 0 bridgehead atoms. The summed E-state index contributed by atoms with van der Waals surface area (Å²) in [5, 5.41) is 0. The molecule has 4 nitrogen and oxygen atoms in total. The first-order chi connectivity index (χ1) is 8.06. The fourth-order valence-electron chi connectivity index (χ4n) is 1.75. The predicted molar refractivity (Wildman–Crippen MR) is 76.5 cm³/mol. The van der Waals surface area contributed by atoms with Gasteiger partial charge in [-0.15, -0.1) is 0 Å². The Morgan fingerprint density at radius 1 is 0.842 bits per heavy atom. The number of hydrogen-bond acceptors (Lipinski definition) is 3. The van der Waals surface area contributed by atoms with Crippen LogP contribution >= 0.6 is 0 Å². The van der Waals surface area contributed by atoms with Gasteiger partial charge in [-0.05, 0) is 6.42 Å². The molecule has 7 heteroatoms. The normalized spacial score (nSPS) is 10.6. The van der Waals surface area contributed by atoms with Crippen molar-refractivity contribution in [3.8, 4) is 0 Å². The van der Waals surface area contributed by atoms with Crippen molar-refractivity contribution in [2.45, 2.75) is 71.1 Å². The van der Waals surface area contributed by atoms with Gasteiger partial charge in [0, 0.05) is 19.5 Å². The minimum absolute atomic E-state index is 0. The van der Waals surface area contributed by atoms with Crippen LogP contribution in [-0.4, -0.2) is 49.1 Å². The summed E-state index contributed by atoms with van der Waals surface area (Å²) in [7, 11) is -4.23. The third-order valence-corrected chi connectivity index (χ3v) is 3.19. The Bertz CT molecular complexity index is 260. The maximum atomic E-state index is 10.2. The van der Waals surface area contributed by atoms with Crippen LogP contribution in [0.5, 0.6) is 0 Å². The van der Waals surface area contributed by atoms with Crippen LogP contribution < -0.4 is 0 Å². The van der Waals surface area contributed by atoms with E-state index in [4.69, 9.17) is 4.55 Å². The van der Waals surface area contributed by atoms with Crippen LogP contribution in [0.3, 0.4) is 0 Å². The van der Waals surface area contributed by atoms with Crippen molar-refractivity contribution >= 4 is 40.0 Å². The van der Waals surface area contributed by atoms with Crippen molar-refractivity contribution in [2.75, 3.05) is 6.61 Å². The molecule has 0 aliphatic heterocycles. The fourth-order valence-corrected chi connectivity index (χ4v) is 2.08. The van der Waals surface area contributed by atoms with E-state index in [1.807, 2.05) is 0 Å². The second-order valence-electron chi connectivity index (χ2n) is 4.43. The Morgan fingerprint density at radius 2 is 1.21 bits per heavy atom. The average molecular weight is 356 g/mol. The van der Waals surface area contributed by atoms with Gasteiger partial charge in [0.15, 0.2) is 0 Å². The van der Waals surface area contributed by atoms with Crippen LogP contribution in [0.4, 0.5) is 0 Å². The summed E-state index contributed by atoms with van der Waals surface area (Å²) < 4.78 is 33.0. The van der Waals surface area contributed by atoms with Crippen molar-refractivity contribution < 1.29 is 36.6 Å². The monoisotopic (exact) mass is 354 g/mol. The molecule has 0 saturated heterocycles. The van der Waals surface area contributed by atoms with Gasteiger partial charge in [0.25, 0.3) is 0 Å². The Kier molecular flexibility index (Phi) is 23.5. The third kappa shape index (κ3) is 24.9. The summed E-state index contributed by atoms with van der Waals surface area (Å²) in [6.45, 7) is 2.31. The molecule has 19 heavy (non-hydrogen) atoms. The minimum Gasteiger partial charge on any atom is 0 e. The molecule has 0 amide bonds. The molecule has 0 aromatic rings. The third-order valence-electron chi connectivity index (χ3n) is 2.73. The first-order valence-corrected chi connectivity index (χ1v) is 8.04. The maximum Gasteiger partial charge on any atom is 0 e. The van der Waals surface area contributed by atoms with Crippen LogP contribution in [-0.2, 0) is 34.1 Å². The summed E-state index contributed by atoms with van der Waals surface area (Å²) in [4.78, 5) is 0. The molecule has 0 radical (unpaired) electrons. The molecule has 0 unspecified atom stereocenters.